The molecule has 6 nitrogen and oxygen atoms in total. The Bertz CT molecular complexity index is 603. The van der Waals surface area contributed by atoms with Crippen LogP contribution in [-0.4, -0.2) is 59.9 Å². The van der Waals surface area contributed by atoms with Crippen LogP contribution >= 0.6 is 0 Å². The van der Waals surface area contributed by atoms with Gasteiger partial charge >= 0.3 is 12.2 Å². The monoisotopic (exact) mass is 352 g/mol. The Morgan fingerprint density at radius 1 is 1.24 bits per heavy atom. The SMILES string of the molecule is CN(C(=O)OC(C)(C)C)C1CN(C(=O)OCc2ccccc2)CC1F. The molecule has 2 atom stereocenters. The molecular weight excluding hydrogens is 327 g/mol. The molecule has 0 aliphatic carbocycles. The molecule has 0 bridgehead atoms. The standard InChI is InChI=1S/C18H25FN2O4/c1-18(2,3)25-16(22)20(4)15-11-21(10-14(15)19)17(23)24-12-13-8-6-5-7-9-13/h5-9,14-15H,10-12H2,1-4H3. The summed E-state index contributed by atoms with van der Waals surface area (Å²) in [5.41, 5.74) is 0.193. The third-order valence-corrected chi connectivity index (χ3v) is 3.86. The van der Waals surface area contributed by atoms with Crippen molar-refractivity contribution in [3.8, 4) is 0 Å². The van der Waals surface area contributed by atoms with Crippen LogP contribution in [0.3, 0.4) is 0 Å². The predicted octanol–water partition coefficient (Wildman–Crippen LogP) is 3.21. The summed E-state index contributed by atoms with van der Waals surface area (Å²) in [5.74, 6) is 0. The van der Waals surface area contributed by atoms with Crippen LogP contribution in [-0.2, 0) is 16.1 Å². The maximum absolute atomic E-state index is 14.3. The molecule has 2 rings (SSSR count). The van der Waals surface area contributed by atoms with Crippen LogP contribution in [0.2, 0.25) is 0 Å². The van der Waals surface area contributed by atoms with Gasteiger partial charge in [-0.1, -0.05) is 30.3 Å². The molecule has 1 aromatic carbocycles. The molecule has 0 radical (unpaired) electrons. The van der Waals surface area contributed by atoms with Crippen molar-refractivity contribution in [1.29, 1.82) is 0 Å². The molecule has 25 heavy (non-hydrogen) atoms. The van der Waals surface area contributed by atoms with E-state index in [9.17, 15) is 14.0 Å². The van der Waals surface area contributed by atoms with Crippen molar-refractivity contribution in [2.24, 2.45) is 0 Å². The molecule has 1 fully saturated rings. The van der Waals surface area contributed by atoms with Crippen molar-refractivity contribution < 1.29 is 23.5 Å². The number of hydrogen-bond donors (Lipinski definition) is 0. The number of carbonyl (C=O) groups is 2. The van der Waals surface area contributed by atoms with Crippen molar-refractivity contribution in [3.63, 3.8) is 0 Å². The van der Waals surface area contributed by atoms with Gasteiger partial charge in [0.05, 0.1) is 12.6 Å². The second kappa shape index (κ2) is 7.72. The summed E-state index contributed by atoms with van der Waals surface area (Å²) in [6, 6.07) is 8.50. The van der Waals surface area contributed by atoms with E-state index in [4.69, 9.17) is 9.47 Å². The number of halogens is 1. The van der Waals surface area contributed by atoms with Crippen LogP contribution in [0.4, 0.5) is 14.0 Å². The van der Waals surface area contributed by atoms with Crippen LogP contribution in [0.1, 0.15) is 26.3 Å². The molecule has 138 valence electrons. The normalized spacial score (nSPS) is 20.3. The summed E-state index contributed by atoms with van der Waals surface area (Å²) in [4.78, 5) is 26.7. The van der Waals surface area contributed by atoms with Gasteiger partial charge in [-0.15, -0.1) is 0 Å². The Kier molecular flexibility index (Phi) is 5.87. The van der Waals surface area contributed by atoms with Crippen molar-refractivity contribution in [1.82, 2.24) is 9.80 Å². The van der Waals surface area contributed by atoms with Crippen LogP contribution in [0.5, 0.6) is 0 Å². The number of benzene rings is 1. The lowest BCUT2D eigenvalue weighted by molar-refractivity contribution is 0.0177. The zero-order chi connectivity index (χ0) is 18.6. The number of rotatable bonds is 3. The molecule has 2 amide bonds. The molecule has 0 saturated carbocycles. The summed E-state index contributed by atoms with van der Waals surface area (Å²) in [6.45, 7) is 5.32. The number of likely N-dealkylation sites (N-methyl/N-ethyl adjacent to an activating group) is 1. The minimum atomic E-state index is -1.35. The Hall–Kier alpha value is -2.31. The van der Waals surface area contributed by atoms with Crippen molar-refractivity contribution >= 4 is 12.2 Å². The molecule has 0 aromatic heterocycles. The first-order valence-corrected chi connectivity index (χ1v) is 8.23. The van der Waals surface area contributed by atoms with E-state index in [1.165, 1.54) is 16.8 Å². The number of nitrogens with zero attached hydrogens (tertiary/aromatic N) is 2. The van der Waals surface area contributed by atoms with E-state index in [-0.39, 0.29) is 19.7 Å². The third kappa shape index (κ3) is 5.34. The fraction of sp³-hybridized carbons (Fsp3) is 0.556. The van der Waals surface area contributed by atoms with E-state index < -0.39 is 30.0 Å². The number of alkyl halides is 1. The van der Waals surface area contributed by atoms with Gasteiger partial charge in [0.15, 0.2) is 0 Å². The van der Waals surface area contributed by atoms with Gasteiger partial charge in [0.25, 0.3) is 0 Å². The summed E-state index contributed by atoms with van der Waals surface area (Å²) in [5, 5.41) is 0. The molecule has 7 heteroatoms. The molecule has 1 heterocycles. The van der Waals surface area contributed by atoms with Crippen LogP contribution in [0, 0.1) is 0 Å². The van der Waals surface area contributed by atoms with E-state index in [1.807, 2.05) is 30.3 Å². The largest absolute Gasteiger partial charge is 0.445 e. The fourth-order valence-electron chi connectivity index (χ4n) is 2.54. The number of ether oxygens (including phenoxy) is 2. The molecule has 0 spiro atoms. The molecule has 1 saturated heterocycles. The summed E-state index contributed by atoms with van der Waals surface area (Å²) in [7, 11) is 1.48. The zero-order valence-electron chi connectivity index (χ0n) is 15.1. The van der Waals surface area contributed by atoms with Crippen LogP contribution in [0.15, 0.2) is 30.3 Å². The van der Waals surface area contributed by atoms with Crippen molar-refractivity contribution in [2.45, 2.75) is 45.2 Å². The van der Waals surface area contributed by atoms with Crippen molar-refractivity contribution in [3.05, 3.63) is 35.9 Å². The first kappa shape index (κ1) is 19.0. The van der Waals surface area contributed by atoms with Gasteiger partial charge in [-0.2, -0.15) is 0 Å². The summed E-state index contributed by atoms with van der Waals surface area (Å²) >= 11 is 0. The fourth-order valence-corrected chi connectivity index (χ4v) is 2.54. The van der Waals surface area contributed by atoms with Gasteiger partial charge in [-0.3, -0.25) is 0 Å². The highest BCUT2D eigenvalue weighted by atomic mass is 19.1. The third-order valence-electron chi connectivity index (χ3n) is 3.86. The number of likely N-dealkylation sites (tertiary alicyclic amines) is 1. The minimum Gasteiger partial charge on any atom is -0.445 e. The van der Waals surface area contributed by atoms with Gasteiger partial charge in [0.2, 0.25) is 0 Å². The van der Waals surface area contributed by atoms with Crippen molar-refractivity contribution in [2.75, 3.05) is 20.1 Å². The minimum absolute atomic E-state index is 0.0739. The average Bonchev–Trinajstić information content (AvgIpc) is 2.93. The van der Waals surface area contributed by atoms with Gasteiger partial charge in [-0.05, 0) is 26.3 Å². The maximum Gasteiger partial charge on any atom is 0.410 e. The van der Waals surface area contributed by atoms with Gasteiger partial charge in [0.1, 0.15) is 18.4 Å². The second-order valence-electron chi connectivity index (χ2n) is 7.12. The van der Waals surface area contributed by atoms with E-state index in [0.29, 0.717) is 0 Å². The summed E-state index contributed by atoms with van der Waals surface area (Å²) < 4.78 is 24.8. The Morgan fingerprint density at radius 2 is 1.88 bits per heavy atom. The lowest BCUT2D eigenvalue weighted by Crippen LogP contribution is -2.45. The highest BCUT2D eigenvalue weighted by molar-refractivity contribution is 5.70. The van der Waals surface area contributed by atoms with Gasteiger partial charge in [-0.25, -0.2) is 14.0 Å². The number of amides is 2. The molecular formula is C18H25FN2O4. The molecule has 0 N–H and O–H groups in total. The van der Waals surface area contributed by atoms with E-state index >= 15 is 0 Å². The molecule has 1 aliphatic heterocycles. The second-order valence-corrected chi connectivity index (χ2v) is 7.12. The van der Waals surface area contributed by atoms with E-state index in [2.05, 4.69) is 0 Å². The summed E-state index contributed by atoms with van der Waals surface area (Å²) in [6.07, 6.45) is -2.55. The first-order chi connectivity index (χ1) is 11.7. The quantitative estimate of drug-likeness (QED) is 0.838. The Morgan fingerprint density at radius 3 is 2.48 bits per heavy atom. The highest BCUT2D eigenvalue weighted by Crippen LogP contribution is 2.21. The highest BCUT2D eigenvalue weighted by Gasteiger charge is 2.41. The lowest BCUT2D eigenvalue weighted by Gasteiger charge is -2.29. The average molecular weight is 352 g/mol. The molecule has 1 aliphatic rings. The van der Waals surface area contributed by atoms with Crippen LogP contribution in [0.25, 0.3) is 0 Å². The van der Waals surface area contributed by atoms with Gasteiger partial charge < -0.3 is 19.3 Å². The van der Waals surface area contributed by atoms with Crippen LogP contribution < -0.4 is 0 Å². The Labute approximate surface area is 147 Å². The zero-order valence-corrected chi connectivity index (χ0v) is 15.1. The molecule has 1 aromatic rings. The van der Waals surface area contributed by atoms with E-state index in [1.54, 1.807) is 20.8 Å². The molecule has 2 unspecified atom stereocenters. The predicted molar refractivity (Wildman–Crippen MR) is 90.9 cm³/mol. The van der Waals surface area contributed by atoms with E-state index in [0.717, 1.165) is 5.56 Å². The Balaban J connectivity index is 1.89. The first-order valence-electron chi connectivity index (χ1n) is 8.23. The smallest absolute Gasteiger partial charge is 0.410 e. The maximum atomic E-state index is 14.3. The number of carbonyl (C=O) groups excluding carboxylic acids is 2. The topological polar surface area (TPSA) is 59.1 Å². The number of hydrogen-bond acceptors (Lipinski definition) is 4. The lowest BCUT2D eigenvalue weighted by atomic mass is 10.2. The van der Waals surface area contributed by atoms with Gasteiger partial charge in [0, 0.05) is 13.6 Å².